The maximum atomic E-state index is 12.5. The summed E-state index contributed by atoms with van der Waals surface area (Å²) in [6.07, 6.45) is 1.81. The highest BCUT2D eigenvalue weighted by Gasteiger charge is 2.29. The van der Waals surface area contributed by atoms with E-state index in [-0.39, 0.29) is 11.8 Å². The van der Waals surface area contributed by atoms with Crippen molar-refractivity contribution in [3.05, 3.63) is 70.7 Å². The molecule has 1 aliphatic rings. The Labute approximate surface area is 177 Å². The lowest BCUT2D eigenvalue weighted by Gasteiger charge is -2.09. The topological polar surface area (TPSA) is 100 Å². The highest BCUT2D eigenvalue weighted by atomic mass is 32.1. The summed E-state index contributed by atoms with van der Waals surface area (Å²) in [6, 6.07) is 16.2. The lowest BCUT2D eigenvalue weighted by Crippen LogP contribution is -2.41. The molecule has 0 aliphatic heterocycles. The summed E-state index contributed by atoms with van der Waals surface area (Å²) in [6.45, 7) is 1.76. The van der Waals surface area contributed by atoms with Gasteiger partial charge in [-0.3, -0.25) is 25.2 Å². The number of carbonyl (C=O) groups excluding carboxylic acids is 3. The van der Waals surface area contributed by atoms with Crippen LogP contribution in [0.3, 0.4) is 0 Å². The normalized spacial score (nSPS) is 12.8. The second-order valence-electron chi connectivity index (χ2n) is 7.05. The van der Waals surface area contributed by atoms with E-state index in [2.05, 4.69) is 21.2 Å². The zero-order valence-electron chi connectivity index (χ0n) is 16.3. The van der Waals surface area contributed by atoms with Gasteiger partial charge in [0.15, 0.2) is 0 Å². The van der Waals surface area contributed by atoms with Crippen LogP contribution in [0.1, 0.15) is 38.6 Å². The number of benzene rings is 2. The van der Waals surface area contributed by atoms with Gasteiger partial charge in [-0.05, 0) is 38.0 Å². The first-order valence-corrected chi connectivity index (χ1v) is 10.4. The lowest BCUT2D eigenvalue weighted by atomic mass is 10.2. The predicted octanol–water partition coefficient (Wildman–Crippen LogP) is 3.54. The summed E-state index contributed by atoms with van der Waals surface area (Å²) in [5.41, 5.74) is 7.26. The van der Waals surface area contributed by atoms with Crippen molar-refractivity contribution < 1.29 is 14.4 Å². The van der Waals surface area contributed by atoms with Gasteiger partial charge in [0.05, 0.1) is 5.69 Å². The molecule has 152 valence electrons. The van der Waals surface area contributed by atoms with Crippen LogP contribution in [0.5, 0.6) is 0 Å². The van der Waals surface area contributed by atoms with Crippen molar-refractivity contribution >= 4 is 34.7 Å². The van der Waals surface area contributed by atoms with E-state index in [0.717, 1.165) is 23.4 Å². The number of nitrogens with one attached hydrogen (secondary N) is 3. The van der Waals surface area contributed by atoms with Gasteiger partial charge in [0.1, 0.15) is 9.88 Å². The molecule has 3 amide bonds. The summed E-state index contributed by atoms with van der Waals surface area (Å²) >= 11 is 1.26. The van der Waals surface area contributed by atoms with Gasteiger partial charge in [-0.25, -0.2) is 4.98 Å². The molecule has 3 aromatic rings. The summed E-state index contributed by atoms with van der Waals surface area (Å²) in [7, 11) is 0. The van der Waals surface area contributed by atoms with Crippen LogP contribution in [0.4, 0.5) is 5.69 Å². The maximum absolute atomic E-state index is 12.5. The molecular weight excluding hydrogens is 400 g/mol. The second-order valence-corrected chi connectivity index (χ2v) is 8.05. The third kappa shape index (κ3) is 4.55. The van der Waals surface area contributed by atoms with E-state index in [1.54, 1.807) is 31.2 Å². The average molecular weight is 420 g/mol. The van der Waals surface area contributed by atoms with Crippen molar-refractivity contribution in [2.45, 2.75) is 19.8 Å². The Morgan fingerprint density at radius 1 is 0.967 bits per heavy atom. The molecule has 7 nitrogen and oxygen atoms in total. The number of aryl methyl sites for hydroxylation is 1. The van der Waals surface area contributed by atoms with Gasteiger partial charge in [-0.2, -0.15) is 0 Å². The number of hydrazine groups is 1. The number of hydrogen-bond donors (Lipinski definition) is 3. The van der Waals surface area contributed by atoms with E-state index in [1.807, 2.05) is 30.3 Å². The van der Waals surface area contributed by atoms with Gasteiger partial charge in [-0.1, -0.05) is 36.4 Å². The molecule has 1 aromatic heterocycles. The van der Waals surface area contributed by atoms with E-state index in [9.17, 15) is 14.4 Å². The molecule has 0 atom stereocenters. The third-order valence-corrected chi connectivity index (χ3v) is 5.86. The highest BCUT2D eigenvalue weighted by molar-refractivity contribution is 7.17. The van der Waals surface area contributed by atoms with Gasteiger partial charge >= 0.3 is 0 Å². The number of aromatic nitrogens is 1. The summed E-state index contributed by atoms with van der Waals surface area (Å²) < 4.78 is 0. The zero-order valence-corrected chi connectivity index (χ0v) is 17.1. The van der Waals surface area contributed by atoms with Crippen molar-refractivity contribution in [3.63, 3.8) is 0 Å². The Morgan fingerprint density at radius 2 is 1.70 bits per heavy atom. The quantitative estimate of drug-likeness (QED) is 0.550. The molecule has 1 heterocycles. The molecule has 4 rings (SSSR count). The van der Waals surface area contributed by atoms with Crippen LogP contribution in [0.2, 0.25) is 0 Å². The maximum Gasteiger partial charge on any atom is 0.281 e. The van der Waals surface area contributed by atoms with Crippen molar-refractivity contribution in [2.75, 3.05) is 5.32 Å². The standard InChI is InChI=1S/C22H20N4O3S/c1-13-18(30-22(23-13)15-6-3-2-4-7-15)21(29)26-25-20(28)16-8-5-9-17(12-16)24-19(27)14-10-11-14/h2-9,12,14H,10-11H2,1H3,(H,24,27)(H,25,28)(H,26,29). The summed E-state index contributed by atoms with van der Waals surface area (Å²) in [5, 5.41) is 3.54. The molecule has 0 radical (unpaired) electrons. The van der Waals surface area contributed by atoms with Gasteiger partial charge in [0.25, 0.3) is 11.8 Å². The molecule has 1 fully saturated rings. The molecule has 1 saturated carbocycles. The molecule has 0 spiro atoms. The number of thiazole rings is 1. The van der Waals surface area contributed by atoms with Gasteiger partial charge in [-0.15, -0.1) is 11.3 Å². The Balaban J connectivity index is 1.39. The second kappa shape index (κ2) is 8.46. The van der Waals surface area contributed by atoms with Gasteiger partial charge in [0.2, 0.25) is 5.91 Å². The SMILES string of the molecule is Cc1nc(-c2ccccc2)sc1C(=O)NNC(=O)c1cccc(NC(=O)C2CC2)c1. The van der Waals surface area contributed by atoms with E-state index >= 15 is 0 Å². The molecule has 0 unspecified atom stereocenters. The predicted molar refractivity (Wildman–Crippen MR) is 115 cm³/mol. The van der Waals surface area contributed by atoms with Crippen molar-refractivity contribution in [3.8, 4) is 10.6 Å². The first-order chi connectivity index (χ1) is 14.5. The van der Waals surface area contributed by atoms with E-state index in [0.29, 0.717) is 21.8 Å². The minimum Gasteiger partial charge on any atom is -0.326 e. The number of rotatable bonds is 5. The molecular formula is C22H20N4O3S. The van der Waals surface area contributed by atoms with Crippen LogP contribution < -0.4 is 16.2 Å². The van der Waals surface area contributed by atoms with Crippen LogP contribution in [0.25, 0.3) is 10.6 Å². The molecule has 2 aromatic carbocycles. The minimum atomic E-state index is -0.476. The number of anilines is 1. The fraction of sp³-hybridized carbons (Fsp3) is 0.182. The summed E-state index contributed by atoms with van der Waals surface area (Å²) in [4.78, 5) is 41.7. The van der Waals surface area contributed by atoms with Gasteiger partial charge in [0, 0.05) is 22.7 Å². The van der Waals surface area contributed by atoms with Crippen LogP contribution in [-0.4, -0.2) is 22.7 Å². The Bertz CT molecular complexity index is 1110. The highest BCUT2D eigenvalue weighted by Crippen LogP contribution is 2.30. The first-order valence-electron chi connectivity index (χ1n) is 9.56. The number of amides is 3. The fourth-order valence-corrected chi connectivity index (χ4v) is 3.85. The van der Waals surface area contributed by atoms with Crippen molar-refractivity contribution in [1.82, 2.24) is 15.8 Å². The molecule has 3 N–H and O–H groups in total. The monoisotopic (exact) mass is 420 g/mol. The Hall–Kier alpha value is -3.52. The third-order valence-electron chi connectivity index (χ3n) is 4.65. The van der Waals surface area contributed by atoms with Gasteiger partial charge < -0.3 is 5.32 Å². The smallest absolute Gasteiger partial charge is 0.281 e. The summed E-state index contributed by atoms with van der Waals surface area (Å²) in [5.74, 6) is -0.865. The van der Waals surface area contributed by atoms with E-state index in [1.165, 1.54) is 11.3 Å². The van der Waals surface area contributed by atoms with E-state index < -0.39 is 11.8 Å². The van der Waals surface area contributed by atoms with Crippen molar-refractivity contribution in [2.24, 2.45) is 5.92 Å². The van der Waals surface area contributed by atoms with Crippen LogP contribution in [0, 0.1) is 12.8 Å². The number of carbonyl (C=O) groups is 3. The van der Waals surface area contributed by atoms with Crippen LogP contribution in [0.15, 0.2) is 54.6 Å². The lowest BCUT2D eigenvalue weighted by molar-refractivity contribution is -0.117. The first kappa shape index (κ1) is 19.8. The molecule has 30 heavy (non-hydrogen) atoms. The van der Waals surface area contributed by atoms with Crippen LogP contribution >= 0.6 is 11.3 Å². The molecule has 0 saturated heterocycles. The number of nitrogens with zero attached hydrogens (tertiary/aromatic N) is 1. The zero-order chi connectivity index (χ0) is 21.1. The van der Waals surface area contributed by atoms with E-state index in [4.69, 9.17) is 0 Å². The minimum absolute atomic E-state index is 0.0317. The molecule has 0 bridgehead atoms. The Morgan fingerprint density at radius 3 is 2.43 bits per heavy atom. The van der Waals surface area contributed by atoms with Crippen molar-refractivity contribution in [1.29, 1.82) is 0 Å². The fourth-order valence-electron chi connectivity index (χ4n) is 2.88. The van der Waals surface area contributed by atoms with Crippen LogP contribution in [-0.2, 0) is 4.79 Å². The average Bonchev–Trinajstić information content (AvgIpc) is 3.54. The molecule has 8 heteroatoms. The number of hydrogen-bond acceptors (Lipinski definition) is 5. The largest absolute Gasteiger partial charge is 0.326 e. The molecule has 1 aliphatic carbocycles. The Kier molecular flexibility index (Phi) is 5.58.